The third-order valence-electron chi connectivity index (χ3n) is 4.11. The number of ether oxygens (including phenoxy) is 1. The van der Waals surface area contributed by atoms with Crippen molar-refractivity contribution in [1.29, 1.82) is 0 Å². The van der Waals surface area contributed by atoms with Crippen LogP contribution in [0, 0.1) is 5.82 Å². The van der Waals surface area contributed by atoms with Gasteiger partial charge in [0.25, 0.3) is 5.91 Å². The van der Waals surface area contributed by atoms with Crippen molar-refractivity contribution in [3.63, 3.8) is 0 Å². The molecule has 1 aliphatic rings. The molecular weight excluding hydrogens is 281 g/mol. The monoisotopic (exact) mass is 299 g/mol. The van der Waals surface area contributed by atoms with Gasteiger partial charge < -0.3 is 9.64 Å². The summed E-state index contributed by atoms with van der Waals surface area (Å²) in [7, 11) is 1.63. The molecule has 3 nitrogen and oxygen atoms in total. The summed E-state index contributed by atoms with van der Waals surface area (Å²) < 4.78 is 18.2. The van der Waals surface area contributed by atoms with E-state index < -0.39 is 0 Å². The zero-order chi connectivity index (χ0) is 15.5. The fraction of sp³-hybridized carbons (Fsp3) is 0.278. The maximum Gasteiger partial charge on any atom is 0.254 e. The largest absolute Gasteiger partial charge is 0.497 e. The lowest BCUT2D eigenvalue weighted by Gasteiger charge is -2.25. The molecule has 1 saturated heterocycles. The summed E-state index contributed by atoms with van der Waals surface area (Å²) in [5, 5.41) is 0. The van der Waals surface area contributed by atoms with Gasteiger partial charge in [0.1, 0.15) is 11.6 Å². The predicted molar refractivity (Wildman–Crippen MR) is 82.4 cm³/mol. The number of likely N-dealkylation sites (tertiary alicyclic amines) is 1. The fourth-order valence-corrected chi connectivity index (χ4v) is 2.94. The van der Waals surface area contributed by atoms with Gasteiger partial charge in [0, 0.05) is 12.1 Å². The Morgan fingerprint density at radius 2 is 1.82 bits per heavy atom. The van der Waals surface area contributed by atoms with Gasteiger partial charge in [-0.05, 0) is 54.8 Å². The smallest absolute Gasteiger partial charge is 0.254 e. The minimum Gasteiger partial charge on any atom is -0.497 e. The van der Waals surface area contributed by atoms with Crippen LogP contribution in [-0.2, 0) is 0 Å². The van der Waals surface area contributed by atoms with Crippen molar-refractivity contribution in [2.75, 3.05) is 13.7 Å². The standard InChI is InChI=1S/C18H18FNO2/c1-22-16-10-6-13(7-11-16)17-3-2-12-20(17)18(21)14-4-8-15(19)9-5-14/h4-11,17H,2-3,12H2,1H3. The van der Waals surface area contributed by atoms with E-state index in [4.69, 9.17) is 4.74 Å². The second-order valence-corrected chi connectivity index (χ2v) is 5.44. The van der Waals surface area contributed by atoms with E-state index in [2.05, 4.69) is 0 Å². The summed E-state index contributed by atoms with van der Waals surface area (Å²) >= 11 is 0. The Balaban J connectivity index is 1.82. The van der Waals surface area contributed by atoms with Gasteiger partial charge in [0.15, 0.2) is 0 Å². The maximum atomic E-state index is 13.0. The topological polar surface area (TPSA) is 29.5 Å². The summed E-state index contributed by atoms with van der Waals surface area (Å²) in [6.07, 6.45) is 1.92. The molecule has 0 spiro atoms. The molecule has 2 aromatic carbocycles. The molecule has 1 fully saturated rings. The second kappa shape index (κ2) is 6.18. The summed E-state index contributed by atoms with van der Waals surface area (Å²) in [5.74, 6) is 0.432. The van der Waals surface area contributed by atoms with E-state index in [9.17, 15) is 9.18 Å². The molecule has 3 rings (SSSR count). The molecule has 1 aliphatic heterocycles. The molecule has 2 aromatic rings. The highest BCUT2D eigenvalue weighted by atomic mass is 19.1. The van der Waals surface area contributed by atoms with Gasteiger partial charge in [0.05, 0.1) is 13.2 Å². The number of halogens is 1. The Bertz CT molecular complexity index is 652. The van der Waals surface area contributed by atoms with Gasteiger partial charge in [-0.1, -0.05) is 12.1 Å². The average molecular weight is 299 g/mol. The molecule has 0 radical (unpaired) electrons. The molecule has 114 valence electrons. The van der Waals surface area contributed by atoms with Crippen molar-refractivity contribution in [2.24, 2.45) is 0 Å². The van der Waals surface area contributed by atoms with Crippen LogP contribution in [0.5, 0.6) is 5.75 Å². The van der Waals surface area contributed by atoms with Gasteiger partial charge in [-0.2, -0.15) is 0 Å². The third-order valence-corrected chi connectivity index (χ3v) is 4.11. The Kier molecular flexibility index (Phi) is 4.09. The summed E-state index contributed by atoms with van der Waals surface area (Å²) in [6.45, 7) is 0.729. The summed E-state index contributed by atoms with van der Waals surface area (Å²) in [5.41, 5.74) is 1.63. The first-order valence-electron chi connectivity index (χ1n) is 7.39. The van der Waals surface area contributed by atoms with Gasteiger partial charge in [-0.15, -0.1) is 0 Å². The number of rotatable bonds is 3. The van der Waals surface area contributed by atoms with Crippen molar-refractivity contribution < 1.29 is 13.9 Å². The quantitative estimate of drug-likeness (QED) is 0.862. The van der Waals surface area contributed by atoms with E-state index >= 15 is 0 Å². The predicted octanol–water partition coefficient (Wildman–Crippen LogP) is 3.81. The van der Waals surface area contributed by atoms with E-state index in [0.717, 1.165) is 30.7 Å². The van der Waals surface area contributed by atoms with Crippen LogP contribution in [0.25, 0.3) is 0 Å². The molecular formula is C18H18FNO2. The number of carbonyl (C=O) groups excluding carboxylic acids is 1. The highest BCUT2D eigenvalue weighted by molar-refractivity contribution is 5.94. The number of hydrogen-bond acceptors (Lipinski definition) is 2. The van der Waals surface area contributed by atoms with E-state index in [1.807, 2.05) is 29.2 Å². The highest BCUT2D eigenvalue weighted by Gasteiger charge is 2.30. The molecule has 4 heteroatoms. The van der Waals surface area contributed by atoms with Crippen molar-refractivity contribution in [1.82, 2.24) is 4.90 Å². The number of methoxy groups -OCH3 is 1. The van der Waals surface area contributed by atoms with Gasteiger partial charge in [-0.25, -0.2) is 4.39 Å². The van der Waals surface area contributed by atoms with E-state index in [0.29, 0.717) is 5.56 Å². The lowest BCUT2D eigenvalue weighted by atomic mass is 10.0. The SMILES string of the molecule is COc1ccc(C2CCCN2C(=O)c2ccc(F)cc2)cc1. The molecule has 0 saturated carbocycles. The summed E-state index contributed by atoms with van der Waals surface area (Å²) in [6, 6.07) is 13.6. The average Bonchev–Trinajstić information content (AvgIpc) is 3.04. The molecule has 1 amide bonds. The highest BCUT2D eigenvalue weighted by Crippen LogP contribution is 2.33. The molecule has 22 heavy (non-hydrogen) atoms. The van der Waals surface area contributed by atoms with Crippen LogP contribution in [0.1, 0.15) is 34.8 Å². The van der Waals surface area contributed by atoms with Crippen molar-refractivity contribution in [3.8, 4) is 5.75 Å². The first-order chi connectivity index (χ1) is 10.7. The minimum atomic E-state index is -0.329. The number of nitrogens with zero attached hydrogens (tertiary/aromatic N) is 1. The number of hydrogen-bond donors (Lipinski definition) is 0. The zero-order valence-electron chi connectivity index (χ0n) is 12.5. The molecule has 0 bridgehead atoms. The van der Waals surface area contributed by atoms with Crippen LogP contribution >= 0.6 is 0 Å². The van der Waals surface area contributed by atoms with Crippen LogP contribution < -0.4 is 4.74 Å². The van der Waals surface area contributed by atoms with Gasteiger partial charge in [-0.3, -0.25) is 4.79 Å². The lowest BCUT2D eigenvalue weighted by Crippen LogP contribution is -2.30. The van der Waals surface area contributed by atoms with E-state index in [1.54, 1.807) is 19.2 Å². The van der Waals surface area contributed by atoms with E-state index in [1.165, 1.54) is 12.1 Å². The second-order valence-electron chi connectivity index (χ2n) is 5.44. The van der Waals surface area contributed by atoms with Crippen molar-refractivity contribution >= 4 is 5.91 Å². The van der Waals surface area contributed by atoms with Crippen molar-refractivity contribution in [2.45, 2.75) is 18.9 Å². The molecule has 1 heterocycles. The first-order valence-corrected chi connectivity index (χ1v) is 7.39. The fourth-order valence-electron chi connectivity index (χ4n) is 2.94. The Morgan fingerprint density at radius 1 is 1.14 bits per heavy atom. The molecule has 0 N–H and O–H groups in total. The van der Waals surface area contributed by atoms with Crippen LogP contribution in [0.4, 0.5) is 4.39 Å². The summed E-state index contributed by atoms with van der Waals surface area (Å²) in [4.78, 5) is 14.5. The van der Waals surface area contributed by atoms with Crippen LogP contribution in [0.2, 0.25) is 0 Å². The number of benzene rings is 2. The zero-order valence-corrected chi connectivity index (χ0v) is 12.5. The normalized spacial score (nSPS) is 17.5. The number of carbonyl (C=O) groups is 1. The molecule has 1 atom stereocenters. The first kappa shape index (κ1) is 14.6. The third kappa shape index (κ3) is 2.82. The maximum absolute atomic E-state index is 13.0. The number of amides is 1. The molecule has 1 unspecified atom stereocenters. The minimum absolute atomic E-state index is 0.0432. The van der Waals surface area contributed by atoms with Crippen LogP contribution in [-0.4, -0.2) is 24.5 Å². The van der Waals surface area contributed by atoms with Crippen LogP contribution in [0.15, 0.2) is 48.5 Å². The molecule has 0 aliphatic carbocycles. The van der Waals surface area contributed by atoms with Crippen molar-refractivity contribution in [3.05, 3.63) is 65.5 Å². The Morgan fingerprint density at radius 3 is 2.45 bits per heavy atom. The van der Waals surface area contributed by atoms with Gasteiger partial charge in [0.2, 0.25) is 0 Å². The van der Waals surface area contributed by atoms with Gasteiger partial charge >= 0.3 is 0 Å². The van der Waals surface area contributed by atoms with E-state index in [-0.39, 0.29) is 17.8 Å². The Hall–Kier alpha value is -2.36. The Labute approximate surface area is 129 Å². The molecule has 0 aromatic heterocycles. The lowest BCUT2D eigenvalue weighted by molar-refractivity contribution is 0.0735. The van der Waals surface area contributed by atoms with Crippen LogP contribution in [0.3, 0.4) is 0 Å².